The molecule has 0 aliphatic rings. The minimum Gasteiger partial charge on any atom is -0.325 e. The van der Waals surface area contributed by atoms with Crippen molar-refractivity contribution in [2.75, 3.05) is 0 Å². The molecular formula is C8H9ClF2N2. The number of nitrogens with zero attached hydrogens (tertiary/aromatic N) is 1. The molecular weight excluding hydrogens is 198 g/mol. The molecule has 0 aliphatic heterocycles. The Bertz CT molecular complexity index is 315. The summed E-state index contributed by atoms with van der Waals surface area (Å²) in [6.45, 7) is 1.53. The van der Waals surface area contributed by atoms with Gasteiger partial charge in [-0.15, -0.1) is 0 Å². The van der Waals surface area contributed by atoms with Crippen LogP contribution >= 0.6 is 11.6 Å². The SMILES string of the molecule is Cc1c(Cl)cnc(CN)c1C(F)F. The summed E-state index contributed by atoms with van der Waals surface area (Å²) in [5.74, 6) is 0. The van der Waals surface area contributed by atoms with E-state index in [0.29, 0.717) is 5.56 Å². The van der Waals surface area contributed by atoms with Crippen LogP contribution in [0.5, 0.6) is 0 Å². The first-order chi connectivity index (χ1) is 6.07. The van der Waals surface area contributed by atoms with Crippen LogP contribution in [0.1, 0.15) is 23.2 Å². The van der Waals surface area contributed by atoms with Crippen LogP contribution in [0.4, 0.5) is 8.78 Å². The van der Waals surface area contributed by atoms with Crippen molar-refractivity contribution in [1.82, 2.24) is 4.98 Å². The fraction of sp³-hybridized carbons (Fsp3) is 0.375. The van der Waals surface area contributed by atoms with Crippen LogP contribution < -0.4 is 5.73 Å². The van der Waals surface area contributed by atoms with Crippen LogP contribution in [0, 0.1) is 6.92 Å². The van der Waals surface area contributed by atoms with Crippen molar-refractivity contribution in [3.8, 4) is 0 Å². The van der Waals surface area contributed by atoms with Crippen molar-refractivity contribution < 1.29 is 8.78 Å². The predicted molar refractivity (Wildman–Crippen MR) is 46.8 cm³/mol. The van der Waals surface area contributed by atoms with Gasteiger partial charge in [-0.25, -0.2) is 8.78 Å². The van der Waals surface area contributed by atoms with Crippen molar-refractivity contribution in [2.24, 2.45) is 5.73 Å². The Morgan fingerprint density at radius 2 is 2.23 bits per heavy atom. The fourth-order valence-corrected chi connectivity index (χ4v) is 1.25. The summed E-state index contributed by atoms with van der Waals surface area (Å²) in [6.07, 6.45) is -1.24. The summed E-state index contributed by atoms with van der Waals surface area (Å²) in [5, 5.41) is 0.243. The second-order valence-corrected chi connectivity index (χ2v) is 3.00. The molecule has 0 aromatic carbocycles. The summed E-state index contributed by atoms with van der Waals surface area (Å²) < 4.78 is 25.0. The number of hydrogen-bond donors (Lipinski definition) is 1. The normalized spacial score (nSPS) is 10.9. The van der Waals surface area contributed by atoms with E-state index in [1.54, 1.807) is 0 Å². The topological polar surface area (TPSA) is 38.9 Å². The molecule has 5 heteroatoms. The zero-order chi connectivity index (χ0) is 10.0. The highest BCUT2D eigenvalue weighted by atomic mass is 35.5. The molecule has 0 saturated heterocycles. The molecule has 1 heterocycles. The second kappa shape index (κ2) is 3.98. The third-order valence-corrected chi connectivity index (χ3v) is 2.20. The van der Waals surface area contributed by atoms with E-state index in [1.807, 2.05) is 0 Å². The summed E-state index contributed by atoms with van der Waals surface area (Å²) in [5.41, 5.74) is 5.68. The minimum atomic E-state index is -2.58. The van der Waals surface area contributed by atoms with Gasteiger partial charge in [-0.05, 0) is 12.5 Å². The number of alkyl halides is 2. The first kappa shape index (κ1) is 10.3. The molecule has 0 amide bonds. The molecule has 72 valence electrons. The summed E-state index contributed by atoms with van der Waals surface area (Å²) in [4.78, 5) is 3.74. The van der Waals surface area contributed by atoms with Gasteiger partial charge in [0.05, 0.1) is 10.7 Å². The highest BCUT2D eigenvalue weighted by molar-refractivity contribution is 6.31. The Hall–Kier alpha value is -0.740. The maximum atomic E-state index is 12.5. The highest BCUT2D eigenvalue weighted by Crippen LogP contribution is 2.29. The van der Waals surface area contributed by atoms with Crippen molar-refractivity contribution in [1.29, 1.82) is 0 Å². The van der Waals surface area contributed by atoms with Gasteiger partial charge in [0.1, 0.15) is 0 Å². The largest absolute Gasteiger partial charge is 0.325 e. The molecule has 2 nitrogen and oxygen atoms in total. The lowest BCUT2D eigenvalue weighted by Crippen LogP contribution is -2.07. The molecule has 1 aromatic rings. The van der Waals surface area contributed by atoms with E-state index >= 15 is 0 Å². The maximum absolute atomic E-state index is 12.5. The molecule has 1 rings (SSSR count). The first-order valence-electron chi connectivity index (χ1n) is 3.70. The Balaban J connectivity index is 3.32. The number of nitrogens with two attached hydrogens (primary N) is 1. The van der Waals surface area contributed by atoms with Crippen molar-refractivity contribution >= 4 is 11.6 Å². The number of halogens is 3. The molecule has 0 bridgehead atoms. The smallest absolute Gasteiger partial charge is 0.265 e. The van der Waals surface area contributed by atoms with E-state index in [9.17, 15) is 8.78 Å². The summed E-state index contributed by atoms with van der Waals surface area (Å²) in [7, 11) is 0. The predicted octanol–water partition coefficient (Wildman–Crippen LogP) is 2.44. The van der Waals surface area contributed by atoms with E-state index in [-0.39, 0.29) is 22.8 Å². The van der Waals surface area contributed by atoms with Gasteiger partial charge in [-0.2, -0.15) is 0 Å². The third kappa shape index (κ3) is 1.95. The second-order valence-electron chi connectivity index (χ2n) is 2.60. The molecule has 1 aromatic heterocycles. The van der Waals surface area contributed by atoms with Crippen LogP contribution in [-0.2, 0) is 6.54 Å². The Morgan fingerprint density at radius 1 is 1.62 bits per heavy atom. The molecule has 13 heavy (non-hydrogen) atoms. The van der Waals surface area contributed by atoms with Crippen LogP contribution in [0.15, 0.2) is 6.20 Å². The monoisotopic (exact) mass is 206 g/mol. The van der Waals surface area contributed by atoms with Gasteiger partial charge in [-0.1, -0.05) is 11.6 Å². The highest BCUT2D eigenvalue weighted by Gasteiger charge is 2.17. The number of rotatable bonds is 2. The molecule has 0 atom stereocenters. The van der Waals surface area contributed by atoms with Gasteiger partial charge in [0.15, 0.2) is 0 Å². The van der Waals surface area contributed by atoms with Gasteiger partial charge >= 0.3 is 0 Å². The number of aromatic nitrogens is 1. The van der Waals surface area contributed by atoms with E-state index in [2.05, 4.69) is 4.98 Å². The lowest BCUT2D eigenvalue weighted by molar-refractivity contribution is 0.149. The number of pyridine rings is 1. The standard InChI is InChI=1S/C8H9ClF2N2/c1-4-5(9)3-13-6(2-12)7(4)8(10)11/h3,8H,2,12H2,1H3. The third-order valence-electron chi connectivity index (χ3n) is 1.82. The summed E-state index contributed by atoms with van der Waals surface area (Å²) in [6, 6.07) is 0. The molecule has 0 aliphatic carbocycles. The van der Waals surface area contributed by atoms with E-state index in [4.69, 9.17) is 17.3 Å². The maximum Gasteiger partial charge on any atom is 0.265 e. The van der Waals surface area contributed by atoms with Crippen molar-refractivity contribution in [3.63, 3.8) is 0 Å². The quantitative estimate of drug-likeness (QED) is 0.807. The average molecular weight is 207 g/mol. The molecule has 0 saturated carbocycles. The average Bonchev–Trinajstić information content (AvgIpc) is 2.08. The van der Waals surface area contributed by atoms with Crippen molar-refractivity contribution in [3.05, 3.63) is 28.0 Å². The van der Waals surface area contributed by atoms with Crippen LogP contribution in [0.3, 0.4) is 0 Å². The van der Waals surface area contributed by atoms with Gasteiger partial charge < -0.3 is 5.73 Å². The Labute approximate surface area is 79.7 Å². The van der Waals surface area contributed by atoms with Crippen LogP contribution in [0.2, 0.25) is 5.02 Å². The molecule has 0 spiro atoms. The molecule has 0 unspecified atom stereocenters. The zero-order valence-corrected chi connectivity index (χ0v) is 7.78. The first-order valence-corrected chi connectivity index (χ1v) is 4.07. The van der Waals surface area contributed by atoms with Crippen molar-refractivity contribution in [2.45, 2.75) is 19.9 Å². The van der Waals surface area contributed by atoms with Gasteiger partial charge in [0.25, 0.3) is 6.43 Å². The van der Waals surface area contributed by atoms with E-state index in [0.717, 1.165) is 0 Å². The molecule has 2 N–H and O–H groups in total. The fourth-order valence-electron chi connectivity index (χ4n) is 1.10. The van der Waals surface area contributed by atoms with Gasteiger partial charge in [-0.3, -0.25) is 4.98 Å². The lowest BCUT2D eigenvalue weighted by Gasteiger charge is -2.10. The van der Waals surface area contributed by atoms with E-state index < -0.39 is 6.43 Å². The van der Waals surface area contributed by atoms with Gasteiger partial charge in [0.2, 0.25) is 0 Å². The summed E-state index contributed by atoms with van der Waals surface area (Å²) >= 11 is 5.65. The van der Waals surface area contributed by atoms with Gasteiger partial charge in [0, 0.05) is 18.3 Å². The minimum absolute atomic E-state index is 0.00230. The lowest BCUT2D eigenvalue weighted by atomic mass is 10.1. The van der Waals surface area contributed by atoms with Crippen LogP contribution in [0.25, 0.3) is 0 Å². The number of hydrogen-bond acceptors (Lipinski definition) is 2. The Morgan fingerprint density at radius 3 is 2.69 bits per heavy atom. The van der Waals surface area contributed by atoms with E-state index in [1.165, 1.54) is 13.1 Å². The zero-order valence-electron chi connectivity index (χ0n) is 7.02. The Kier molecular flexibility index (Phi) is 3.17. The van der Waals surface area contributed by atoms with Crippen LogP contribution in [-0.4, -0.2) is 4.98 Å². The molecule has 0 fully saturated rings. The molecule has 0 radical (unpaired) electrons.